The molecule has 0 saturated carbocycles. The maximum absolute atomic E-state index is 11.9. The standard InChI is InChI=1S/C15H14N2O4/c16-11-5-3-10(4-6-11)9-17-7-1-2-12(17)13(18)8-14(19)15(20)21/h1-8,19H,9,16H2,(H,20,21). The summed E-state index contributed by atoms with van der Waals surface area (Å²) in [6.45, 7) is 0.441. The number of aromatic nitrogens is 1. The molecular formula is C15H14N2O4. The summed E-state index contributed by atoms with van der Waals surface area (Å²) in [5, 5.41) is 17.7. The predicted molar refractivity (Wildman–Crippen MR) is 77.1 cm³/mol. The number of anilines is 1. The van der Waals surface area contributed by atoms with E-state index in [1.165, 1.54) is 0 Å². The zero-order valence-corrected chi connectivity index (χ0v) is 11.1. The van der Waals surface area contributed by atoms with Crippen LogP contribution in [-0.4, -0.2) is 26.5 Å². The molecule has 0 radical (unpaired) electrons. The number of benzene rings is 1. The molecule has 6 heteroatoms. The van der Waals surface area contributed by atoms with Gasteiger partial charge in [-0.05, 0) is 29.8 Å². The van der Waals surface area contributed by atoms with Crippen LogP contribution in [0.5, 0.6) is 0 Å². The van der Waals surface area contributed by atoms with Gasteiger partial charge in [-0.2, -0.15) is 0 Å². The highest BCUT2D eigenvalue weighted by Gasteiger charge is 2.13. The number of carboxylic acid groups (broad SMARTS) is 1. The van der Waals surface area contributed by atoms with Crippen LogP contribution in [0.4, 0.5) is 5.69 Å². The first-order chi connectivity index (χ1) is 9.97. The van der Waals surface area contributed by atoms with Gasteiger partial charge in [0.05, 0.1) is 5.69 Å². The van der Waals surface area contributed by atoms with Gasteiger partial charge in [0.1, 0.15) is 0 Å². The summed E-state index contributed by atoms with van der Waals surface area (Å²) in [6.07, 6.45) is 2.40. The highest BCUT2D eigenvalue weighted by molar-refractivity contribution is 6.06. The molecule has 0 atom stereocenters. The lowest BCUT2D eigenvalue weighted by atomic mass is 10.2. The van der Waals surface area contributed by atoms with Gasteiger partial charge in [-0.3, -0.25) is 4.79 Å². The van der Waals surface area contributed by atoms with Gasteiger partial charge < -0.3 is 20.5 Å². The number of nitrogen functional groups attached to an aromatic ring is 1. The SMILES string of the molecule is Nc1ccc(Cn2cccc2C(=O)C=C(O)C(=O)O)cc1. The van der Waals surface area contributed by atoms with Gasteiger partial charge in [0.25, 0.3) is 0 Å². The number of ketones is 1. The van der Waals surface area contributed by atoms with Crippen molar-refractivity contribution in [2.45, 2.75) is 6.54 Å². The van der Waals surface area contributed by atoms with E-state index in [-0.39, 0.29) is 0 Å². The average molecular weight is 286 g/mol. The lowest BCUT2D eigenvalue weighted by Gasteiger charge is -2.07. The number of aliphatic hydroxyl groups excluding tert-OH is 1. The molecule has 21 heavy (non-hydrogen) atoms. The second-order valence-corrected chi connectivity index (χ2v) is 4.46. The van der Waals surface area contributed by atoms with Crippen LogP contribution in [-0.2, 0) is 11.3 Å². The Morgan fingerprint density at radius 1 is 1.14 bits per heavy atom. The first-order valence-corrected chi connectivity index (χ1v) is 6.15. The normalized spacial score (nSPS) is 11.3. The quantitative estimate of drug-likeness (QED) is 0.336. The molecule has 108 valence electrons. The van der Waals surface area contributed by atoms with Crippen LogP contribution in [0.3, 0.4) is 0 Å². The summed E-state index contributed by atoms with van der Waals surface area (Å²) in [5.41, 5.74) is 7.50. The lowest BCUT2D eigenvalue weighted by molar-refractivity contribution is -0.135. The van der Waals surface area contributed by atoms with E-state index in [2.05, 4.69) is 0 Å². The Bertz CT molecular complexity index is 699. The lowest BCUT2D eigenvalue weighted by Crippen LogP contribution is -2.10. The van der Waals surface area contributed by atoms with Crippen molar-refractivity contribution in [3.8, 4) is 0 Å². The first-order valence-electron chi connectivity index (χ1n) is 6.15. The van der Waals surface area contributed by atoms with Crippen molar-refractivity contribution in [3.05, 3.63) is 65.7 Å². The van der Waals surface area contributed by atoms with Crippen LogP contribution >= 0.6 is 0 Å². The summed E-state index contributed by atoms with van der Waals surface area (Å²) >= 11 is 0. The number of carbonyl (C=O) groups is 2. The number of hydrogen-bond acceptors (Lipinski definition) is 4. The van der Waals surface area contributed by atoms with Crippen molar-refractivity contribution >= 4 is 17.4 Å². The third kappa shape index (κ3) is 3.50. The Kier molecular flexibility index (Phi) is 4.08. The summed E-state index contributed by atoms with van der Waals surface area (Å²) in [5.74, 6) is -3.10. The van der Waals surface area contributed by atoms with E-state index in [4.69, 9.17) is 15.9 Å². The molecule has 0 saturated heterocycles. The largest absolute Gasteiger partial charge is 0.502 e. The van der Waals surface area contributed by atoms with Crippen molar-refractivity contribution < 1.29 is 19.8 Å². The van der Waals surface area contributed by atoms with Gasteiger partial charge in [-0.25, -0.2) is 4.79 Å². The molecule has 0 unspecified atom stereocenters. The Balaban J connectivity index is 2.22. The molecule has 1 aromatic carbocycles. The molecular weight excluding hydrogens is 272 g/mol. The molecule has 1 heterocycles. The van der Waals surface area contributed by atoms with E-state index in [1.54, 1.807) is 35.0 Å². The number of nitrogens with zero attached hydrogens (tertiary/aromatic N) is 1. The summed E-state index contributed by atoms with van der Waals surface area (Å²) in [6, 6.07) is 10.4. The van der Waals surface area contributed by atoms with E-state index in [0.29, 0.717) is 24.0 Å². The third-order valence-electron chi connectivity index (χ3n) is 2.90. The van der Waals surface area contributed by atoms with Crippen LogP contribution in [0.25, 0.3) is 0 Å². The van der Waals surface area contributed by atoms with Crippen LogP contribution in [0.2, 0.25) is 0 Å². The van der Waals surface area contributed by atoms with Crippen LogP contribution in [0.1, 0.15) is 16.1 Å². The van der Waals surface area contributed by atoms with Crippen LogP contribution in [0.15, 0.2) is 54.4 Å². The monoisotopic (exact) mass is 286 g/mol. The number of nitrogens with two attached hydrogens (primary N) is 1. The minimum atomic E-state index is -1.54. The van der Waals surface area contributed by atoms with E-state index in [0.717, 1.165) is 5.56 Å². The molecule has 2 aromatic rings. The number of carbonyl (C=O) groups excluding carboxylic acids is 1. The average Bonchev–Trinajstić information content (AvgIpc) is 2.89. The molecule has 6 nitrogen and oxygen atoms in total. The zero-order valence-electron chi connectivity index (χ0n) is 11.1. The topological polar surface area (TPSA) is 106 Å². The van der Waals surface area contributed by atoms with Crippen molar-refractivity contribution in [1.82, 2.24) is 4.57 Å². The van der Waals surface area contributed by atoms with Gasteiger partial charge in [0.15, 0.2) is 0 Å². The summed E-state index contributed by atoms with van der Waals surface area (Å²) in [7, 11) is 0. The van der Waals surface area contributed by atoms with E-state index < -0.39 is 17.5 Å². The number of rotatable bonds is 5. The first kappa shape index (κ1) is 14.4. The molecule has 1 aromatic heterocycles. The van der Waals surface area contributed by atoms with Crippen molar-refractivity contribution in [1.29, 1.82) is 0 Å². The van der Waals surface area contributed by atoms with Gasteiger partial charge in [0, 0.05) is 24.5 Å². The molecule has 0 aliphatic heterocycles. The fourth-order valence-electron chi connectivity index (χ4n) is 1.86. The molecule has 0 spiro atoms. The van der Waals surface area contributed by atoms with Crippen molar-refractivity contribution in [2.24, 2.45) is 0 Å². The molecule has 4 N–H and O–H groups in total. The second kappa shape index (κ2) is 5.96. The molecule has 0 aliphatic carbocycles. The Hall–Kier alpha value is -3.02. The smallest absolute Gasteiger partial charge is 0.371 e. The van der Waals surface area contributed by atoms with Crippen LogP contribution in [0, 0.1) is 0 Å². The van der Waals surface area contributed by atoms with Gasteiger partial charge in [-0.15, -0.1) is 0 Å². The maximum Gasteiger partial charge on any atom is 0.371 e. The van der Waals surface area contributed by atoms with Crippen molar-refractivity contribution in [3.63, 3.8) is 0 Å². The Morgan fingerprint density at radius 3 is 2.43 bits per heavy atom. The highest BCUT2D eigenvalue weighted by Crippen LogP contribution is 2.11. The minimum Gasteiger partial charge on any atom is -0.502 e. The molecule has 0 amide bonds. The highest BCUT2D eigenvalue weighted by atomic mass is 16.4. The molecule has 0 aliphatic rings. The number of aliphatic hydroxyl groups is 1. The number of carboxylic acids is 1. The minimum absolute atomic E-state index is 0.291. The Morgan fingerprint density at radius 2 is 1.81 bits per heavy atom. The van der Waals surface area contributed by atoms with E-state index >= 15 is 0 Å². The Labute approximate surface area is 120 Å². The maximum atomic E-state index is 11.9. The number of allylic oxidation sites excluding steroid dienone is 1. The summed E-state index contributed by atoms with van der Waals surface area (Å²) in [4.78, 5) is 22.5. The van der Waals surface area contributed by atoms with Crippen LogP contribution < -0.4 is 5.73 Å². The molecule has 0 bridgehead atoms. The third-order valence-corrected chi connectivity index (χ3v) is 2.90. The van der Waals surface area contributed by atoms with E-state index in [1.807, 2.05) is 12.1 Å². The summed E-state index contributed by atoms with van der Waals surface area (Å²) < 4.78 is 1.67. The fourth-order valence-corrected chi connectivity index (χ4v) is 1.86. The second-order valence-electron chi connectivity index (χ2n) is 4.46. The molecule has 0 fully saturated rings. The van der Waals surface area contributed by atoms with Crippen molar-refractivity contribution in [2.75, 3.05) is 5.73 Å². The molecule has 2 rings (SSSR count). The number of aliphatic carboxylic acids is 1. The van der Waals surface area contributed by atoms with E-state index in [9.17, 15) is 9.59 Å². The number of hydrogen-bond donors (Lipinski definition) is 3. The van der Waals surface area contributed by atoms with Gasteiger partial charge in [0.2, 0.25) is 11.5 Å². The predicted octanol–water partition coefficient (Wildman–Crippen LogP) is 1.83. The van der Waals surface area contributed by atoms with Gasteiger partial charge >= 0.3 is 5.97 Å². The van der Waals surface area contributed by atoms with Gasteiger partial charge in [-0.1, -0.05) is 12.1 Å². The fraction of sp³-hybridized carbons (Fsp3) is 0.0667. The zero-order chi connectivity index (χ0) is 15.4.